The van der Waals surface area contributed by atoms with Crippen LogP contribution in [-0.4, -0.2) is 22.5 Å². The molecule has 2 amide bonds. The summed E-state index contributed by atoms with van der Waals surface area (Å²) in [5, 5.41) is 7.48. The van der Waals surface area contributed by atoms with Crippen molar-refractivity contribution in [2.24, 2.45) is 5.10 Å². The van der Waals surface area contributed by atoms with Crippen molar-refractivity contribution in [3.8, 4) is 0 Å². The lowest BCUT2D eigenvalue weighted by atomic mass is 9.93. The molecule has 2 aromatic heterocycles. The Morgan fingerprint density at radius 3 is 2.68 bits per heavy atom. The fourth-order valence-electron chi connectivity index (χ4n) is 3.60. The molecule has 2 heterocycles. The summed E-state index contributed by atoms with van der Waals surface area (Å²) >= 11 is 6.09. The Labute approximate surface area is 184 Å². The number of nitrogens with one attached hydrogen (secondary N) is 2. The Kier molecular flexibility index (Phi) is 5.86. The lowest BCUT2D eigenvalue weighted by Gasteiger charge is -2.13. The third-order valence-corrected chi connectivity index (χ3v) is 5.51. The van der Waals surface area contributed by atoms with Crippen LogP contribution in [0.15, 0.2) is 52.1 Å². The average Bonchev–Trinajstić information content (AvgIpc) is 3.11. The van der Waals surface area contributed by atoms with Crippen LogP contribution in [0.3, 0.4) is 0 Å². The summed E-state index contributed by atoms with van der Waals surface area (Å²) < 4.78 is 5.90. The SMILES string of the molecule is Cc1cccnc1NC(=O)c1oc2c(c1C)/C(=N/NC(=O)c1ccccc1Cl)CCC2. The Hall–Kier alpha value is -3.45. The summed E-state index contributed by atoms with van der Waals surface area (Å²) in [5.74, 6) is 0.643. The Morgan fingerprint density at radius 2 is 1.90 bits per heavy atom. The van der Waals surface area contributed by atoms with Crippen LogP contribution in [0.4, 0.5) is 5.82 Å². The number of carbonyl (C=O) groups excluding carboxylic acids is 2. The van der Waals surface area contributed by atoms with Gasteiger partial charge < -0.3 is 9.73 Å². The van der Waals surface area contributed by atoms with Crippen molar-refractivity contribution in [2.45, 2.75) is 33.1 Å². The second-order valence-corrected chi connectivity index (χ2v) is 7.72. The summed E-state index contributed by atoms with van der Waals surface area (Å²) in [6, 6.07) is 10.5. The number of halogens is 1. The van der Waals surface area contributed by atoms with Gasteiger partial charge in [-0.2, -0.15) is 5.10 Å². The molecule has 0 aliphatic heterocycles. The van der Waals surface area contributed by atoms with E-state index < -0.39 is 5.91 Å². The van der Waals surface area contributed by atoms with Crippen LogP contribution in [0.5, 0.6) is 0 Å². The summed E-state index contributed by atoms with van der Waals surface area (Å²) in [7, 11) is 0. The highest BCUT2D eigenvalue weighted by molar-refractivity contribution is 6.33. The van der Waals surface area contributed by atoms with Crippen molar-refractivity contribution >= 4 is 34.9 Å². The van der Waals surface area contributed by atoms with Gasteiger partial charge in [-0.25, -0.2) is 10.4 Å². The van der Waals surface area contributed by atoms with Gasteiger partial charge >= 0.3 is 0 Å². The van der Waals surface area contributed by atoms with Crippen LogP contribution < -0.4 is 10.7 Å². The predicted octanol–water partition coefficient (Wildman–Crippen LogP) is 4.67. The van der Waals surface area contributed by atoms with Gasteiger partial charge in [-0.15, -0.1) is 0 Å². The predicted molar refractivity (Wildman–Crippen MR) is 119 cm³/mol. The second-order valence-electron chi connectivity index (χ2n) is 7.31. The smallest absolute Gasteiger partial charge is 0.292 e. The minimum Gasteiger partial charge on any atom is -0.455 e. The number of anilines is 1. The van der Waals surface area contributed by atoms with Gasteiger partial charge in [0.1, 0.15) is 11.6 Å². The summed E-state index contributed by atoms with van der Waals surface area (Å²) in [6.07, 6.45) is 3.79. The van der Waals surface area contributed by atoms with Crippen LogP contribution >= 0.6 is 11.6 Å². The fourth-order valence-corrected chi connectivity index (χ4v) is 3.82. The van der Waals surface area contributed by atoms with E-state index in [9.17, 15) is 9.59 Å². The number of amides is 2. The van der Waals surface area contributed by atoms with Crippen LogP contribution in [0.2, 0.25) is 5.02 Å². The molecule has 1 aliphatic carbocycles. The maximum Gasteiger partial charge on any atom is 0.292 e. The molecule has 7 nitrogen and oxygen atoms in total. The first-order chi connectivity index (χ1) is 15.0. The van der Waals surface area contributed by atoms with Gasteiger partial charge in [-0.05, 0) is 50.5 Å². The van der Waals surface area contributed by atoms with E-state index in [0.717, 1.165) is 17.5 Å². The molecule has 0 spiro atoms. The highest BCUT2D eigenvalue weighted by Crippen LogP contribution is 2.30. The van der Waals surface area contributed by atoms with Crippen LogP contribution in [0, 0.1) is 13.8 Å². The Balaban J connectivity index is 1.59. The van der Waals surface area contributed by atoms with Crippen LogP contribution in [0.25, 0.3) is 0 Å². The monoisotopic (exact) mass is 436 g/mol. The molecule has 0 atom stereocenters. The molecule has 31 heavy (non-hydrogen) atoms. The van der Waals surface area contributed by atoms with E-state index in [0.29, 0.717) is 46.3 Å². The van der Waals surface area contributed by atoms with Crippen molar-refractivity contribution in [3.63, 3.8) is 0 Å². The highest BCUT2D eigenvalue weighted by Gasteiger charge is 2.28. The number of carbonyl (C=O) groups is 2. The number of rotatable bonds is 4. The van der Waals surface area contributed by atoms with Crippen molar-refractivity contribution in [2.75, 3.05) is 5.32 Å². The summed E-state index contributed by atoms with van der Waals surface area (Å²) in [5.41, 5.74) is 5.91. The van der Waals surface area contributed by atoms with Gasteiger partial charge in [0.15, 0.2) is 5.76 Å². The first-order valence-corrected chi connectivity index (χ1v) is 10.3. The highest BCUT2D eigenvalue weighted by atomic mass is 35.5. The minimum absolute atomic E-state index is 0.224. The molecular weight excluding hydrogens is 416 g/mol. The van der Waals surface area contributed by atoms with Crippen molar-refractivity contribution < 1.29 is 14.0 Å². The molecule has 1 aromatic carbocycles. The maximum atomic E-state index is 12.8. The summed E-state index contributed by atoms with van der Waals surface area (Å²) in [6.45, 7) is 3.69. The molecule has 0 radical (unpaired) electrons. The topological polar surface area (TPSA) is 96.6 Å². The van der Waals surface area contributed by atoms with E-state index in [2.05, 4.69) is 20.8 Å². The van der Waals surface area contributed by atoms with Gasteiger partial charge in [-0.3, -0.25) is 9.59 Å². The molecule has 4 rings (SSSR count). The van der Waals surface area contributed by atoms with Gasteiger partial charge in [-0.1, -0.05) is 29.8 Å². The molecule has 3 aromatic rings. The Bertz CT molecular complexity index is 1200. The number of aromatic nitrogens is 1. The number of hydrazone groups is 1. The molecule has 158 valence electrons. The van der Waals surface area contributed by atoms with E-state index in [1.54, 1.807) is 30.5 Å². The fraction of sp³-hybridized carbons (Fsp3) is 0.217. The zero-order chi connectivity index (χ0) is 22.0. The molecule has 1 aliphatic rings. The molecule has 0 bridgehead atoms. The minimum atomic E-state index is -0.394. The zero-order valence-electron chi connectivity index (χ0n) is 17.2. The van der Waals surface area contributed by atoms with Crippen molar-refractivity contribution in [3.05, 3.63) is 81.4 Å². The van der Waals surface area contributed by atoms with Gasteiger partial charge in [0.2, 0.25) is 0 Å². The van der Waals surface area contributed by atoms with E-state index in [1.807, 2.05) is 26.0 Å². The van der Waals surface area contributed by atoms with E-state index >= 15 is 0 Å². The molecule has 0 saturated carbocycles. The lowest BCUT2D eigenvalue weighted by Crippen LogP contribution is -2.22. The van der Waals surface area contributed by atoms with Gasteiger partial charge in [0, 0.05) is 23.7 Å². The average molecular weight is 437 g/mol. The number of pyridine rings is 1. The maximum absolute atomic E-state index is 12.8. The first kappa shape index (κ1) is 20.8. The molecule has 0 fully saturated rings. The third kappa shape index (κ3) is 4.22. The van der Waals surface area contributed by atoms with Crippen LogP contribution in [0.1, 0.15) is 56.2 Å². The van der Waals surface area contributed by atoms with E-state index in [-0.39, 0.29) is 11.7 Å². The normalized spacial score (nSPS) is 14.2. The molecule has 8 heteroatoms. The number of furan rings is 1. The van der Waals surface area contributed by atoms with Gasteiger partial charge in [0.25, 0.3) is 11.8 Å². The molecular formula is C23H21ClN4O3. The van der Waals surface area contributed by atoms with E-state index in [4.69, 9.17) is 16.0 Å². The first-order valence-electron chi connectivity index (χ1n) is 9.92. The standard InChI is InChI=1S/C23H21ClN4O3/c1-13-7-6-12-25-21(13)26-23(30)20-14(2)19-17(10-5-11-18(19)31-20)27-28-22(29)15-8-3-4-9-16(15)24/h3-4,6-9,12H,5,10-11H2,1-2H3,(H,28,29)(H,25,26,30)/b27-17+. The summed E-state index contributed by atoms with van der Waals surface area (Å²) in [4.78, 5) is 29.5. The Morgan fingerprint density at radius 1 is 1.10 bits per heavy atom. The van der Waals surface area contributed by atoms with Crippen molar-refractivity contribution in [1.29, 1.82) is 0 Å². The van der Waals surface area contributed by atoms with Crippen LogP contribution in [-0.2, 0) is 6.42 Å². The number of hydrogen-bond donors (Lipinski definition) is 2. The van der Waals surface area contributed by atoms with E-state index in [1.165, 1.54) is 0 Å². The lowest BCUT2D eigenvalue weighted by molar-refractivity contribution is 0.0953. The van der Waals surface area contributed by atoms with Gasteiger partial charge in [0.05, 0.1) is 16.3 Å². The molecule has 0 saturated heterocycles. The number of aryl methyl sites for hydroxylation is 2. The number of nitrogens with zero attached hydrogens (tertiary/aromatic N) is 2. The third-order valence-electron chi connectivity index (χ3n) is 5.18. The van der Waals surface area contributed by atoms with Crippen molar-refractivity contribution in [1.82, 2.24) is 10.4 Å². The number of benzene rings is 1. The molecule has 0 unspecified atom stereocenters. The quantitative estimate of drug-likeness (QED) is 0.581. The number of hydrogen-bond acceptors (Lipinski definition) is 5. The second kappa shape index (κ2) is 8.73. The molecule has 2 N–H and O–H groups in total. The number of fused-ring (bicyclic) bond motifs is 1. The zero-order valence-corrected chi connectivity index (χ0v) is 17.9. The largest absolute Gasteiger partial charge is 0.455 e.